The molecule has 0 aliphatic rings. The number of amides is 1. The second kappa shape index (κ2) is 8.46. The third-order valence-electron chi connectivity index (χ3n) is 3.48. The highest BCUT2D eigenvalue weighted by Crippen LogP contribution is 2.24. The summed E-state index contributed by atoms with van der Waals surface area (Å²) in [7, 11) is -2.34. The van der Waals surface area contributed by atoms with Gasteiger partial charge in [0.25, 0.3) is 0 Å². The van der Waals surface area contributed by atoms with Crippen molar-refractivity contribution in [2.45, 2.75) is 10.6 Å². The number of rotatable bonds is 7. The largest absolute Gasteiger partial charge is 0.324 e. The van der Waals surface area contributed by atoms with Crippen molar-refractivity contribution < 1.29 is 17.6 Å². The van der Waals surface area contributed by atoms with E-state index in [1.807, 2.05) is 18.4 Å². The number of carbonyl (C=O) groups is 1. The van der Waals surface area contributed by atoms with Gasteiger partial charge in [0, 0.05) is 11.9 Å². The van der Waals surface area contributed by atoms with E-state index in [1.165, 1.54) is 43.1 Å². The van der Waals surface area contributed by atoms with E-state index in [0.717, 1.165) is 9.20 Å². The second-order valence-electron chi connectivity index (χ2n) is 5.39. The van der Waals surface area contributed by atoms with Crippen LogP contribution in [0.4, 0.5) is 10.1 Å². The van der Waals surface area contributed by atoms with Gasteiger partial charge in [-0.05, 0) is 36.1 Å². The zero-order valence-electron chi connectivity index (χ0n) is 13.9. The molecule has 5 nitrogen and oxygen atoms in total. The summed E-state index contributed by atoms with van der Waals surface area (Å²) >= 11 is 1.49. The number of carbonyl (C=O) groups excluding carboxylic acids is 1. The van der Waals surface area contributed by atoms with E-state index >= 15 is 0 Å². The summed E-state index contributed by atoms with van der Waals surface area (Å²) in [5.41, 5.74) is 1.10. The lowest BCUT2D eigenvalue weighted by Crippen LogP contribution is -2.35. The number of hydrogen-bond acceptors (Lipinski definition) is 4. The highest BCUT2D eigenvalue weighted by molar-refractivity contribution is 7.98. The molecule has 0 aliphatic heterocycles. The van der Waals surface area contributed by atoms with Gasteiger partial charge in [0.05, 0.1) is 18.0 Å². The maximum Gasteiger partial charge on any atom is 0.239 e. The fourth-order valence-electron chi connectivity index (χ4n) is 2.14. The minimum absolute atomic E-state index is 0.293. The van der Waals surface area contributed by atoms with Gasteiger partial charge in [-0.2, -0.15) is 4.31 Å². The number of likely N-dealkylation sites (N-methyl/N-ethyl adjacent to an activating group) is 1. The highest BCUT2D eigenvalue weighted by Gasteiger charge is 2.21. The summed E-state index contributed by atoms with van der Waals surface area (Å²) in [5.74, 6) is -1.15. The molecule has 0 saturated heterocycles. The topological polar surface area (TPSA) is 66.5 Å². The molecule has 0 atom stereocenters. The van der Waals surface area contributed by atoms with Gasteiger partial charge in [-0.3, -0.25) is 4.79 Å². The Morgan fingerprint density at radius 1 is 1.16 bits per heavy atom. The van der Waals surface area contributed by atoms with E-state index in [-0.39, 0.29) is 12.3 Å². The van der Waals surface area contributed by atoms with Crippen LogP contribution >= 0.6 is 11.8 Å². The van der Waals surface area contributed by atoms with E-state index in [2.05, 4.69) is 5.32 Å². The normalized spacial score (nSPS) is 11.5. The Labute approximate surface area is 151 Å². The van der Waals surface area contributed by atoms with Crippen molar-refractivity contribution in [2.24, 2.45) is 0 Å². The van der Waals surface area contributed by atoms with Crippen LogP contribution in [0.25, 0.3) is 0 Å². The van der Waals surface area contributed by atoms with Crippen molar-refractivity contribution in [2.75, 3.05) is 25.2 Å². The molecule has 2 aromatic carbocycles. The molecular formula is C17H19FN2O3S2. The molecule has 1 N–H and O–H groups in total. The maximum atomic E-state index is 12.9. The number of benzene rings is 2. The number of para-hydroxylation sites is 1. The SMILES string of the molecule is CSc1ccccc1NC(=O)CN(C)S(=O)(=O)Cc1ccc(F)cc1. The summed E-state index contributed by atoms with van der Waals surface area (Å²) in [6.45, 7) is -0.299. The van der Waals surface area contributed by atoms with Crippen molar-refractivity contribution in [1.82, 2.24) is 4.31 Å². The van der Waals surface area contributed by atoms with Gasteiger partial charge in [-0.15, -0.1) is 11.8 Å². The Morgan fingerprint density at radius 3 is 2.44 bits per heavy atom. The summed E-state index contributed by atoms with van der Waals surface area (Å²) in [4.78, 5) is 13.1. The van der Waals surface area contributed by atoms with E-state index in [1.54, 1.807) is 12.1 Å². The molecule has 0 fully saturated rings. The molecule has 134 valence electrons. The predicted octanol–water partition coefficient (Wildman–Crippen LogP) is 2.95. The first kappa shape index (κ1) is 19.4. The van der Waals surface area contributed by atoms with Crippen LogP contribution in [0.5, 0.6) is 0 Å². The Hall–Kier alpha value is -1.90. The van der Waals surface area contributed by atoms with Crippen LogP contribution in [0.1, 0.15) is 5.56 Å². The van der Waals surface area contributed by atoms with Crippen molar-refractivity contribution >= 4 is 33.4 Å². The van der Waals surface area contributed by atoms with Crippen LogP contribution in [-0.2, 0) is 20.6 Å². The molecule has 0 heterocycles. The van der Waals surface area contributed by atoms with E-state index < -0.39 is 21.7 Å². The molecular weight excluding hydrogens is 363 g/mol. The van der Waals surface area contributed by atoms with Crippen molar-refractivity contribution in [1.29, 1.82) is 0 Å². The van der Waals surface area contributed by atoms with E-state index in [4.69, 9.17) is 0 Å². The summed E-state index contributed by atoms with van der Waals surface area (Å²) in [5, 5.41) is 2.72. The van der Waals surface area contributed by atoms with Gasteiger partial charge in [-0.1, -0.05) is 24.3 Å². The number of thioether (sulfide) groups is 1. The van der Waals surface area contributed by atoms with Crippen LogP contribution in [0.3, 0.4) is 0 Å². The summed E-state index contributed by atoms with van der Waals surface area (Å²) in [6, 6.07) is 12.5. The molecule has 0 aromatic heterocycles. The molecule has 0 bridgehead atoms. The fourth-order valence-corrected chi connectivity index (χ4v) is 3.84. The number of halogens is 1. The van der Waals surface area contributed by atoms with Gasteiger partial charge < -0.3 is 5.32 Å². The van der Waals surface area contributed by atoms with Crippen LogP contribution < -0.4 is 5.32 Å². The minimum Gasteiger partial charge on any atom is -0.324 e. The van der Waals surface area contributed by atoms with Crippen molar-refractivity contribution in [3.8, 4) is 0 Å². The summed E-state index contributed by atoms with van der Waals surface area (Å²) in [6.07, 6.45) is 1.89. The molecule has 1 amide bonds. The van der Waals surface area contributed by atoms with Crippen LogP contribution in [-0.4, -0.2) is 38.5 Å². The maximum absolute atomic E-state index is 12.9. The predicted molar refractivity (Wildman–Crippen MR) is 98.5 cm³/mol. The monoisotopic (exact) mass is 382 g/mol. The van der Waals surface area contributed by atoms with Crippen LogP contribution in [0, 0.1) is 5.82 Å². The Balaban J connectivity index is 2.00. The zero-order valence-corrected chi connectivity index (χ0v) is 15.5. The zero-order chi connectivity index (χ0) is 18.4. The van der Waals surface area contributed by atoms with E-state index in [0.29, 0.717) is 11.3 Å². The first-order chi connectivity index (χ1) is 11.8. The molecule has 2 rings (SSSR count). The first-order valence-corrected chi connectivity index (χ1v) is 10.3. The van der Waals surface area contributed by atoms with Gasteiger partial charge in [-0.25, -0.2) is 12.8 Å². The Bertz CT molecular complexity index is 839. The van der Waals surface area contributed by atoms with Crippen molar-refractivity contribution in [3.63, 3.8) is 0 Å². The standard InChI is InChI=1S/C17H19FN2O3S2/c1-20(25(22,23)12-13-7-9-14(18)10-8-13)11-17(21)19-15-5-3-4-6-16(15)24-2/h3-10H,11-12H2,1-2H3,(H,19,21). The molecule has 0 unspecified atom stereocenters. The number of anilines is 1. The second-order valence-corrected chi connectivity index (χ2v) is 8.31. The average molecular weight is 382 g/mol. The van der Waals surface area contributed by atoms with Gasteiger partial charge >= 0.3 is 0 Å². The lowest BCUT2D eigenvalue weighted by atomic mass is 10.2. The number of hydrogen-bond donors (Lipinski definition) is 1. The molecule has 0 spiro atoms. The lowest BCUT2D eigenvalue weighted by Gasteiger charge is -2.17. The first-order valence-electron chi connectivity index (χ1n) is 7.43. The molecule has 8 heteroatoms. The van der Waals surface area contributed by atoms with Crippen LogP contribution in [0.2, 0.25) is 0 Å². The van der Waals surface area contributed by atoms with Gasteiger partial charge in [0.1, 0.15) is 5.82 Å². The molecule has 0 radical (unpaired) electrons. The Kier molecular flexibility index (Phi) is 6.57. The highest BCUT2D eigenvalue weighted by atomic mass is 32.2. The summed E-state index contributed by atoms with van der Waals surface area (Å²) < 4.78 is 38.6. The minimum atomic E-state index is -3.68. The number of sulfonamides is 1. The van der Waals surface area contributed by atoms with Gasteiger partial charge in [0.2, 0.25) is 15.9 Å². The molecule has 0 saturated carbocycles. The molecule has 0 aliphatic carbocycles. The van der Waals surface area contributed by atoms with E-state index in [9.17, 15) is 17.6 Å². The third kappa shape index (κ3) is 5.55. The van der Waals surface area contributed by atoms with Crippen LogP contribution in [0.15, 0.2) is 53.4 Å². The number of nitrogens with zero attached hydrogens (tertiary/aromatic N) is 1. The lowest BCUT2D eigenvalue weighted by molar-refractivity contribution is -0.116. The Morgan fingerprint density at radius 2 is 1.80 bits per heavy atom. The molecule has 25 heavy (non-hydrogen) atoms. The quantitative estimate of drug-likeness (QED) is 0.748. The fraction of sp³-hybridized carbons (Fsp3) is 0.235. The number of nitrogens with one attached hydrogen (secondary N) is 1. The smallest absolute Gasteiger partial charge is 0.239 e. The van der Waals surface area contributed by atoms with Crippen molar-refractivity contribution in [3.05, 3.63) is 59.9 Å². The molecule has 2 aromatic rings. The van der Waals surface area contributed by atoms with Gasteiger partial charge in [0.15, 0.2) is 0 Å². The average Bonchev–Trinajstić information content (AvgIpc) is 2.57. The third-order valence-corrected chi connectivity index (χ3v) is 6.06.